The molecule has 0 saturated carbocycles. The summed E-state index contributed by atoms with van der Waals surface area (Å²) in [6, 6.07) is 8.63. The molecule has 0 bridgehead atoms. The van der Waals surface area contributed by atoms with Crippen LogP contribution in [0, 0.1) is 5.82 Å². The Kier molecular flexibility index (Phi) is 4.81. The zero-order chi connectivity index (χ0) is 18.1. The minimum atomic E-state index is -3.78. The second-order valence-electron chi connectivity index (χ2n) is 6.15. The topological polar surface area (TPSA) is 64.6 Å². The molecule has 0 spiro atoms. The summed E-state index contributed by atoms with van der Waals surface area (Å²) < 4.78 is 53.2. The molecule has 4 rings (SSSR count). The van der Waals surface area contributed by atoms with E-state index < -0.39 is 16.1 Å². The van der Waals surface area contributed by atoms with E-state index in [1.165, 1.54) is 24.3 Å². The molecule has 1 N–H and O–H groups in total. The molecule has 8 heteroatoms. The van der Waals surface area contributed by atoms with Gasteiger partial charge < -0.3 is 9.47 Å². The highest BCUT2D eigenvalue weighted by Gasteiger charge is 2.27. The average Bonchev–Trinajstić information content (AvgIpc) is 2.87. The minimum absolute atomic E-state index is 0.109. The Balaban J connectivity index is 1.63. The molecular formula is C18H18FNO4S2. The highest BCUT2D eigenvalue weighted by Crippen LogP contribution is 2.38. The molecule has 2 aromatic carbocycles. The molecule has 0 aliphatic carbocycles. The van der Waals surface area contributed by atoms with E-state index in [1.807, 2.05) is 0 Å². The fourth-order valence-electron chi connectivity index (χ4n) is 3.05. The van der Waals surface area contributed by atoms with Gasteiger partial charge in [0.1, 0.15) is 5.82 Å². The molecule has 5 nitrogen and oxygen atoms in total. The van der Waals surface area contributed by atoms with Crippen LogP contribution in [-0.2, 0) is 10.0 Å². The minimum Gasteiger partial charge on any atom is -0.490 e. The zero-order valence-electron chi connectivity index (χ0n) is 13.9. The number of ether oxygens (including phenoxy) is 2. The van der Waals surface area contributed by atoms with Crippen molar-refractivity contribution in [3.05, 3.63) is 47.8 Å². The number of benzene rings is 2. The van der Waals surface area contributed by atoms with Crippen molar-refractivity contribution < 1.29 is 22.3 Å². The van der Waals surface area contributed by atoms with Crippen molar-refractivity contribution in [2.45, 2.75) is 28.7 Å². The molecule has 2 heterocycles. The van der Waals surface area contributed by atoms with E-state index in [2.05, 4.69) is 4.72 Å². The number of sulfonamides is 1. The van der Waals surface area contributed by atoms with Crippen molar-refractivity contribution in [2.24, 2.45) is 0 Å². The summed E-state index contributed by atoms with van der Waals surface area (Å²) in [7, 11) is -3.78. The first-order valence-electron chi connectivity index (χ1n) is 8.37. The highest BCUT2D eigenvalue weighted by atomic mass is 32.2. The molecule has 0 radical (unpaired) electrons. The molecule has 2 aliphatic rings. The van der Waals surface area contributed by atoms with Gasteiger partial charge in [0.05, 0.1) is 18.1 Å². The number of hydrogen-bond acceptors (Lipinski definition) is 5. The van der Waals surface area contributed by atoms with Crippen LogP contribution in [-0.4, -0.2) is 27.4 Å². The van der Waals surface area contributed by atoms with E-state index in [4.69, 9.17) is 9.47 Å². The summed E-state index contributed by atoms with van der Waals surface area (Å²) >= 11 is 1.61. The maximum Gasteiger partial charge on any atom is 0.241 e. The Labute approximate surface area is 155 Å². The molecule has 2 aliphatic heterocycles. The van der Waals surface area contributed by atoms with Gasteiger partial charge in [-0.05, 0) is 48.1 Å². The summed E-state index contributed by atoms with van der Waals surface area (Å²) in [5.74, 6) is 1.37. The van der Waals surface area contributed by atoms with Crippen molar-refractivity contribution in [1.29, 1.82) is 0 Å². The van der Waals surface area contributed by atoms with E-state index in [0.717, 1.165) is 17.1 Å². The number of nitrogens with one attached hydrogen (secondary N) is 1. The van der Waals surface area contributed by atoms with Crippen molar-refractivity contribution in [3.8, 4) is 11.5 Å². The van der Waals surface area contributed by atoms with Crippen molar-refractivity contribution in [2.75, 3.05) is 19.0 Å². The van der Waals surface area contributed by atoms with Gasteiger partial charge >= 0.3 is 0 Å². The van der Waals surface area contributed by atoms with E-state index in [-0.39, 0.29) is 10.7 Å². The largest absolute Gasteiger partial charge is 0.490 e. The molecule has 0 saturated heterocycles. The average molecular weight is 395 g/mol. The van der Waals surface area contributed by atoms with E-state index in [9.17, 15) is 12.8 Å². The summed E-state index contributed by atoms with van der Waals surface area (Å²) in [5.41, 5.74) is 0.680. The lowest BCUT2D eigenvalue weighted by molar-refractivity contribution is 0.297. The van der Waals surface area contributed by atoms with Gasteiger partial charge in [0, 0.05) is 23.4 Å². The smallest absolute Gasteiger partial charge is 0.241 e. The number of halogens is 1. The third kappa shape index (κ3) is 3.54. The monoisotopic (exact) mass is 395 g/mol. The van der Waals surface area contributed by atoms with Crippen LogP contribution in [0.4, 0.5) is 4.39 Å². The molecule has 138 valence electrons. The lowest BCUT2D eigenvalue weighted by Crippen LogP contribution is -2.30. The number of thioether (sulfide) groups is 1. The quantitative estimate of drug-likeness (QED) is 0.862. The van der Waals surface area contributed by atoms with Crippen LogP contribution in [0.2, 0.25) is 0 Å². The fourth-order valence-corrected chi connectivity index (χ4v) is 5.42. The van der Waals surface area contributed by atoms with Gasteiger partial charge in [0.25, 0.3) is 0 Å². The van der Waals surface area contributed by atoms with Crippen LogP contribution < -0.4 is 14.2 Å². The van der Waals surface area contributed by atoms with Crippen LogP contribution in [0.3, 0.4) is 0 Å². The van der Waals surface area contributed by atoms with Crippen molar-refractivity contribution in [3.63, 3.8) is 0 Å². The second kappa shape index (κ2) is 7.09. The summed E-state index contributed by atoms with van der Waals surface area (Å²) in [5, 5.41) is 0. The molecule has 0 amide bonds. The standard InChI is InChI=1S/C18H18FNO4S2/c19-12-2-5-18-14(10-12)15(6-9-25-18)20-26(21,22)13-3-4-16-17(11-13)24-8-1-7-23-16/h2-5,10-11,15,20H,1,6-9H2/t15-/m0/s1. The maximum absolute atomic E-state index is 13.6. The van der Waals surface area contributed by atoms with E-state index in [0.29, 0.717) is 36.7 Å². The normalized spacial score (nSPS) is 19.5. The first kappa shape index (κ1) is 17.6. The molecular weight excluding hydrogens is 377 g/mol. The summed E-state index contributed by atoms with van der Waals surface area (Å²) in [6.07, 6.45) is 1.35. The van der Waals surface area contributed by atoms with Gasteiger partial charge in [-0.1, -0.05) is 0 Å². The van der Waals surface area contributed by atoms with Crippen LogP contribution in [0.1, 0.15) is 24.4 Å². The highest BCUT2D eigenvalue weighted by molar-refractivity contribution is 7.99. The summed E-state index contributed by atoms with van der Waals surface area (Å²) in [6.45, 7) is 1.02. The third-order valence-electron chi connectivity index (χ3n) is 4.34. The molecule has 0 aromatic heterocycles. The molecule has 26 heavy (non-hydrogen) atoms. The van der Waals surface area contributed by atoms with Gasteiger partial charge in [-0.2, -0.15) is 0 Å². The Morgan fingerprint density at radius 1 is 1.08 bits per heavy atom. The van der Waals surface area contributed by atoms with Crippen LogP contribution in [0.15, 0.2) is 46.2 Å². The Hall–Kier alpha value is -1.77. The van der Waals surface area contributed by atoms with Crippen LogP contribution >= 0.6 is 11.8 Å². The van der Waals surface area contributed by atoms with Gasteiger partial charge in [-0.3, -0.25) is 0 Å². The zero-order valence-corrected chi connectivity index (χ0v) is 15.5. The SMILES string of the molecule is O=S(=O)(N[C@H]1CCSc2ccc(F)cc21)c1ccc2c(c1)OCCCO2. The molecule has 0 unspecified atom stereocenters. The van der Waals surface area contributed by atoms with Crippen LogP contribution in [0.25, 0.3) is 0 Å². The van der Waals surface area contributed by atoms with Crippen LogP contribution in [0.5, 0.6) is 11.5 Å². The Bertz CT molecular complexity index is 933. The predicted molar refractivity (Wildman–Crippen MR) is 96.9 cm³/mol. The van der Waals surface area contributed by atoms with Gasteiger partial charge in [0.2, 0.25) is 10.0 Å². The predicted octanol–water partition coefficient (Wildman–Crippen LogP) is 3.50. The van der Waals surface area contributed by atoms with Crippen molar-refractivity contribution >= 4 is 21.8 Å². The molecule has 0 fully saturated rings. The van der Waals surface area contributed by atoms with E-state index in [1.54, 1.807) is 23.9 Å². The Morgan fingerprint density at radius 3 is 2.73 bits per heavy atom. The van der Waals surface area contributed by atoms with Gasteiger partial charge in [-0.25, -0.2) is 17.5 Å². The maximum atomic E-state index is 13.6. The lowest BCUT2D eigenvalue weighted by Gasteiger charge is -2.26. The number of fused-ring (bicyclic) bond motifs is 2. The van der Waals surface area contributed by atoms with E-state index >= 15 is 0 Å². The Morgan fingerprint density at radius 2 is 1.88 bits per heavy atom. The fraction of sp³-hybridized carbons (Fsp3) is 0.333. The summed E-state index contributed by atoms with van der Waals surface area (Å²) in [4.78, 5) is 1.02. The van der Waals surface area contributed by atoms with Gasteiger partial charge in [-0.15, -0.1) is 11.8 Å². The number of hydrogen-bond donors (Lipinski definition) is 1. The first-order valence-corrected chi connectivity index (χ1v) is 10.8. The van der Waals surface area contributed by atoms with Crippen molar-refractivity contribution in [1.82, 2.24) is 4.72 Å². The lowest BCUT2D eigenvalue weighted by atomic mass is 10.0. The first-order chi connectivity index (χ1) is 12.5. The molecule has 2 aromatic rings. The van der Waals surface area contributed by atoms with Gasteiger partial charge in [0.15, 0.2) is 11.5 Å². The number of rotatable bonds is 3. The molecule has 1 atom stereocenters. The second-order valence-corrected chi connectivity index (χ2v) is 9.00. The third-order valence-corrected chi connectivity index (χ3v) is 6.93.